The number of alkyl carbamates (subject to hydrolysis) is 1. The van der Waals surface area contributed by atoms with Gasteiger partial charge in [0.2, 0.25) is 5.91 Å². The van der Waals surface area contributed by atoms with E-state index in [1.807, 2.05) is 38.1 Å². The lowest BCUT2D eigenvalue weighted by atomic mass is 9.89. The molecule has 0 aliphatic heterocycles. The SMILES string of the molecule is CC(C)(CNC(=O)OCC1c2ccccc2-c2ccccc21)CC(=O)Nc1cccc(C(=O)O)c1. The summed E-state index contributed by atoms with van der Waals surface area (Å²) >= 11 is 0. The summed E-state index contributed by atoms with van der Waals surface area (Å²) in [4.78, 5) is 36.1. The van der Waals surface area contributed by atoms with Gasteiger partial charge in [0, 0.05) is 24.6 Å². The number of amides is 2. The Bertz CT molecular complexity index is 1220. The number of hydrogen-bond donors (Lipinski definition) is 3. The molecule has 0 saturated heterocycles. The summed E-state index contributed by atoms with van der Waals surface area (Å²) in [6, 6.07) is 22.4. The average Bonchev–Trinajstić information content (AvgIpc) is 3.15. The van der Waals surface area contributed by atoms with Crippen LogP contribution in [0.25, 0.3) is 11.1 Å². The third kappa shape index (κ3) is 5.69. The number of hydrogen-bond acceptors (Lipinski definition) is 4. The molecule has 4 rings (SSSR count). The van der Waals surface area contributed by atoms with Crippen molar-refractivity contribution in [3.8, 4) is 11.1 Å². The van der Waals surface area contributed by atoms with Crippen LogP contribution in [0.1, 0.15) is 47.7 Å². The van der Waals surface area contributed by atoms with Gasteiger partial charge in [-0.3, -0.25) is 4.79 Å². The number of carbonyl (C=O) groups is 3. The van der Waals surface area contributed by atoms with Crippen molar-refractivity contribution < 1.29 is 24.2 Å². The summed E-state index contributed by atoms with van der Waals surface area (Å²) < 4.78 is 5.57. The van der Waals surface area contributed by atoms with Crippen LogP contribution < -0.4 is 10.6 Å². The molecule has 180 valence electrons. The number of carboxylic acids is 1. The van der Waals surface area contributed by atoms with Crippen molar-refractivity contribution in [3.05, 3.63) is 89.5 Å². The fraction of sp³-hybridized carbons (Fsp3) is 0.250. The highest BCUT2D eigenvalue weighted by Gasteiger charge is 2.29. The molecule has 1 aliphatic carbocycles. The Hall–Kier alpha value is -4.13. The molecule has 7 heteroatoms. The maximum Gasteiger partial charge on any atom is 0.407 e. The second-order valence-corrected chi connectivity index (χ2v) is 9.45. The minimum atomic E-state index is -1.06. The summed E-state index contributed by atoms with van der Waals surface area (Å²) in [7, 11) is 0. The van der Waals surface area contributed by atoms with Gasteiger partial charge in [0.15, 0.2) is 0 Å². The molecule has 0 bridgehead atoms. The molecule has 35 heavy (non-hydrogen) atoms. The first-order valence-electron chi connectivity index (χ1n) is 11.5. The Kier molecular flexibility index (Phi) is 6.87. The maximum absolute atomic E-state index is 12.5. The minimum Gasteiger partial charge on any atom is -0.478 e. The number of carbonyl (C=O) groups excluding carboxylic acids is 2. The highest BCUT2D eigenvalue weighted by atomic mass is 16.5. The van der Waals surface area contributed by atoms with Gasteiger partial charge in [0.05, 0.1) is 5.56 Å². The zero-order valence-electron chi connectivity index (χ0n) is 19.7. The number of ether oxygens (including phenoxy) is 1. The van der Waals surface area contributed by atoms with E-state index in [4.69, 9.17) is 9.84 Å². The molecular weight excluding hydrogens is 444 g/mol. The van der Waals surface area contributed by atoms with E-state index < -0.39 is 17.5 Å². The second-order valence-electron chi connectivity index (χ2n) is 9.45. The van der Waals surface area contributed by atoms with Gasteiger partial charge in [-0.2, -0.15) is 0 Å². The van der Waals surface area contributed by atoms with Crippen molar-refractivity contribution in [2.75, 3.05) is 18.5 Å². The number of nitrogens with one attached hydrogen (secondary N) is 2. The predicted octanol–water partition coefficient (Wildman–Crippen LogP) is 5.28. The maximum atomic E-state index is 12.5. The largest absolute Gasteiger partial charge is 0.478 e. The van der Waals surface area contributed by atoms with E-state index in [1.165, 1.54) is 12.1 Å². The molecular formula is C28H28N2O5. The van der Waals surface area contributed by atoms with E-state index >= 15 is 0 Å². The summed E-state index contributed by atoms with van der Waals surface area (Å²) in [5.74, 6) is -1.35. The van der Waals surface area contributed by atoms with Crippen LogP contribution in [-0.2, 0) is 9.53 Å². The van der Waals surface area contributed by atoms with Crippen molar-refractivity contribution in [3.63, 3.8) is 0 Å². The van der Waals surface area contributed by atoms with Crippen LogP contribution in [0, 0.1) is 5.41 Å². The molecule has 0 spiro atoms. The molecule has 0 atom stereocenters. The number of benzene rings is 3. The number of carboxylic acid groups (broad SMARTS) is 1. The number of anilines is 1. The molecule has 2 amide bonds. The molecule has 3 aromatic rings. The summed E-state index contributed by atoms with van der Waals surface area (Å²) in [6.45, 7) is 4.20. The highest BCUT2D eigenvalue weighted by Crippen LogP contribution is 2.44. The van der Waals surface area contributed by atoms with Crippen LogP contribution in [0.4, 0.5) is 10.5 Å². The molecule has 0 aromatic heterocycles. The van der Waals surface area contributed by atoms with E-state index in [-0.39, 0.29) is 37.0 Å². The molecule has 0 unspecified atom stereocenters. The normalized spacial score (nSPS) is 12.4. The number of aromatic carboxylic acids is 1. The van der Waals surface area contributed by atoms with Crippen molar-refractivity contribution in [1.82, 2.24) is 5.32 Å². The summed E-state index contributed by atoms with van der Waals surface area (Å²) in [5, 5.41) is 14.6. The van der Waals surface area contributed by atoms with Crippen LogP contribution in [-0.4, -0.2) is 36.2 Å². The van der Waals surface area contributed by atoms with Gasteiger partial charge in [-0.1, -0.05) is 68.4 Å². The van der Waals surface area contributed by atoms with Crippen LogP contribution in [0.2, 0.25) is 0 Å². The quantitative estimate of drug-likeness (QED) is 0.414. The third-order valence-corrected chi connectivity index (χ3v) is 6.09. The minimum absolute atomic E-state index is 0.0199. The summed E-state index contributed by atoms with van der Waals surface area (Å²) in [5.41, 5.74) is 4.58. The van der Waals surface area contributed by atoms with Gasteiger partial charge >= 0.3 is 12.1 Å². The molecule has 1 aliphatic rings. The Morgan fingerprint density at radius 1 is 0.914 bits per heavy atom. The van der Waals surface area contributed by atoms with E-state index in [0.29, 0.717) is 5.69 Å². The van der Waals surface area contributed by atoms with Crippen LogP contribution in [0.3, 0.4) is 0 Å². The Balaban J connectivity index is 1.29. The fourth-order valence-electron chi connectivity index (χ4n) is 4.39. The zero-order chi connectivity index (χ0) is 25.0. The first-order valence-corrected chi connectivity index (χ1v) is 11.5. The Morgan fingerprint density at radius 3 is 2.17 bits per heavy atom. The van der Waals surface area contributed by atoms with Gasteiger partial charge in [-0.15, -0.1) is 0 Å². The van der Waals surface area contributed by atoms with E-state index in [2.05, 4.69) is 34.9 Å². The highest BCUT2D eigenvalue weighted by molar-refractivity contribution is 5.94. The van der Waals surface area contributed by atoms with Gasteiger partial charge in [-0.25, -0.2) is 9.59 Å². The molecule has 0 fully saturated rings. The smallest absolute Gasteiger partial charge is 0.407 e. The Labute approximate surface area is 204 Å². The van der Waals surface area contributed by atoms with Crippen molar-refractivity contribution in [2.45, 2.75) is 26.2 Å². The van der Waals surface area contributed by atoms with Gasteiger partial charge in [-0.05, 0) is 45.9 Å². The first-order chi connectivity index (χ1) is 16.7. The topological polar surface area (TPSA) is 105 Å². The lowest BCUT2D eigenvalue weighted by Crippen LogP contribution is -2.37. The molecule has 0 radical (unpaired) electrons. The molecule has 7 nitrogen and oxygen atoms in total. The number of rotatable bonds is 8. The van der Waals surface area contributed by atoms with Crippen molar-refractivity contribution in [2.24, 2.45) is 5.41 Å². The predicted molar refractivity (Wildman–Crippen MR) is 134 cm³/mol. The monoisotopic (exact) mass is 472 g/mol. The van der Waals surface area contributed by atoms with Crippen LogP contribution in [0.15, 0.2) is 72.8 Å². The fourth-order valence-corrected chi connectivity index (χ4v) is 4.39. The summed E-state index contributed by atoms with van der Waals surface area (Å²) in [6.07, 6.45) is -0.400. The lowest BCUT2D eigenvalue weighted by Gasteiger charge is -2.24. The standard InChI is InChI=1S/C28H28N2O5/c1-28(2,15-25(31)30-19-9-7-8-18(14-19)26(32)33)17-29-27(34)35-16-24-22-12-5-3-10-20(22)21-11-4-6-13-23(21)24/h3-14,24H,15-17H2,1-2H3,(H,29,34)(H,30,31)(H,32,33). The molecule has 3 N–H and O–H groups in total. The average molecular weight is 473 g/mol. The van der Waals surface area contributed by atoms with Crippen molar-refractivity contribution >= 4 is 23.7 Å². The van der Waals surface area contributed by atoms with Gasteiger partial charge in [0.25, 0.3) is 0 Å². The molecule has 0 heterocycles. The first kappa shape index (κ1) is 24.0. The van der Waals surface area contributed by atoms with Crippen molar-refractivity contribution in [1.29, 1.82) is 0 Å². The van der Waals surface area contributed by atoms with E-state index in [0.717, 1.165) is 22.3 Å². The van der Waals surface area contributed by atoms with E-state index in [9.17, 15) is 14.4 Å². The van der Waals surface area contributed by atoms with Gasteiger partial charge in [0.1, 0.15) is 6.61 Å². The van der Waals surface area contributed by atoms with Crippen LogP contribution in [0.5, 0.6) is 0 Å². The lowest BCUT2D eigenvalue weighted by molar-refractivity contribution is -0.118. The third-order valence-electron chi connectivity index (χ3n) is 6.09. The number of fused-ring (bicyclic) bond motifs is 3. The van der Waals surface area contributed by atoms with Crippen LogP contribution >= 0.6 is 0 Å². The van der Waals surface area contributed by atoms with E-state index in [1.54, 1.807) is 12.1 Å². The van der Waals surface area contributed by atoms with Gasteiger partial charge < -0.3 is 20.5 Å². The zero-order valence-corrected chi connectivity index (χ0v) is 19.7. The Morgan fingerprint density at radius 2 is 1.54 bits per heavy atom. The molecule has 3 aromatic carbocycles. The molecule has 0 saturated carbocycles. The second kappa shape index (κ2) is 10.0.